The van der Waals surface area contributed by atoms with Gasteiger partial charge in [-0.25, -0.2) is 0 Å². The summed E-state index contributed by atoms with van der Waals surface area (Å²) >= 11 is 0. The fraction of sp³-hybridized carbons (Fsp3) is 0.538. The molecule has 0 amide bonds. The van der Waals surface area contributed by atoms with Crippen molar-refractivity contribution in [3.8, 4) is 5.75 Å². The molecule has 2 rings (SSSR count). The van der Waals surface area contributed by atoms with Crippen molar-refractivity contribution in [2.45, 2.75) is 32.0 Å². The van der Waals surface area contributed by atoms with Crippen molar-refractivity contribution < 1.29 is 17.9 Å². The zero-order chi connectivity index (χ0) is 14.0. The number of anilines is 2. The Morgan fingerprint density at radius 2 is 2.00 bits per heavy atom. The maximum atomic E-state index is 12.6. The summed E-state index contributed by atoms with van der Waals surface area (Å²) < 4.78 is 43.2. The van der Waals surface area contributed by atoms with Gasteiger partial charge in [0.05, 0.1) is 6.61 Å². The van der Waals surface area contributed by atoms with E-state index in [1.54, 1.807) is 18.2 Å². The Morgan fingerprint density at radius 1 is 1.32 bits per heavy atom. The fourth-order valence-corrected chi connectivity index (χ4v) is 2.03. The molecule has 0 bridgehead atoms. The van der Waals surface area contributed by atoms with Crippen molar-refractivity contribution in [2.75, 3.05) is 23.8 Å². The number of nitrogen functional groups attached to an aromatic ring is 1. The SMILES string of the molecule is CCOc1cc(N)cc(N(CC(F)(F)F)C2CC2)c1. The molecular formula is C13H17F3N2O. The van der Waals surface area contributed by atoms with Crippen LogP contribution in [0.15, 0.2) is 18.2 Å². The topological polar surface area (TPSA) is 38.5 Å². The third-order valence-electron chi connectivity index (χ3n) is 2.89. The van der Waals surface area contributed by atoms with E-state index in [9.17, 15) is 13.2 Å². The second-order valence-corrected chi connectivity index (χ2v) is 4.67. The van der Waals surface area contributed by atoms with E-state index in [0.29, 0.717) is 23.7 Å². The minimum absolute atomic E-state index is 0.0436. The van der Waals surface area contributed by atoms with Crippen LogP contribution in [0.2, 0.25) is 0 Å². The Kier molecular flexibility index (Phi) is 3.78. The first-order chi connectivity index (χ1) is 8.89. The molecule has 0 aliphatic heterocycles. The summed E-state index contributed by atoms with van der Waals surface area (Å²) in [6.07, 6.45) is -2.65. The fourth-order valence-electron chi connectivity index (χ4n) is 2.03. The lowest BCUT2D eigenvalue weighted by molar-refractivity contribution is -0.120. The predicted octanol–water partition coefficient (Wildman–Crippen LogP) is 3.20. The standard InChI is InChI=1S/C13H17F3N2O/c1-2-19-12-6-9(17)5-11(7-12)18(10-3-4-10)8-13(14,15)16/h5-7,10H,2-4,8,17H2,1H3. The van der Waals surface area contributed by atoms with E-state index in [1.807, 2.05) is 6.92 Å². The maximum Gasteiger partial charge on any atom is 0.405 e. The van der Waals surface area contributed by atoms with E-state index in [-0.39, 0.29) is 6.04 Å². The highest BCUT2D eigenvalue weighted by atomic mass is 19.4. The first kappa shape index (κ1) is 13.8. The predicted molar refractivity (Wildman–Crippen MR) is 68.4 cm³/mol. The number of nitrogens with zero attached hydrogens (tertiary/aromatic N) is 1. The lowest BCUT2D eigenvalue weighted by Gasteiger charge is -2.26. The summed E-state index contributed by atoms with van der Waals surface area (Å²) in [6, 6.07) is 4.75. The number of rotatable bonds is 5. The van der Waals surface area contributed by atoms with E-state index in [4.69, 9.17) is 10.5 Å². The summed E-state index contributed by atoms with van der Waals surface area (Å²) in [6.45, 7) is 1.31. The molecular weight excluding hydrogens is 257 g/mol. The Balaban J connectivity index is 2.25. The average molecular weight is 274 g/mol. The van der Waals surface area contributed by atoms with Crippen LogP contribution < -0.4 is 15.4 Å². The Bertz CT molecular complexity index is 444. The van der Waals surface area contributed by atoms with Crippen molar-refractivity contribution in [3.05, 3.63) is 18.2 Å². The molecule has 0 spiro atoms. The van der Waals surface area contributed by atoms with Crippen molar-refractivity contribution in [2.24, 2.45) is 0 Å². The number of ether oxygens (including phenoxy) is 1. The zero-order valence-electron chi connectivity index (χ0n) is 10.7. The first-order valence-electron chi connectivity index (χ1n) is 6.26. The van der Waals surface area contributed by atoms with E-state index < -0.39 is 12.7 Å². The number of halogens is 3. The highest BCUT2D eigenvalue weighted by Gasteiger charge is 2.38. The summed E-state index contributed by atoms with van der Waals surface area (Å²) in [5, 5.41) is 0. The van der Waals surface area contributed by atoms with Crippen LogP contribution in [0.4, 0.5) is 24.5 Å². The minimum atomic E-state index is -4.22. The molecule has 1 aliphatic rings. The third-order valence-corrected chi connectivity index (χ3v) is 2.89. The molecule has 0 aromatic heterocycles. The molecule has 1 aromatic carbocycles. The smallest absolute Gasteiger partial charge is 0.405 e. The van der Waals surface area contributed by atoms with Crippen molar-refractivity contribution in [3.63, 3.8) is 0 Å². The lowest BCUT2D eigenvalue weighted by atomic mass is 10.2. The van der Waals surface area contributed by atoms with Crippen molar-refractivity contribution in [1.29, 1.82) is 0 Å². The van der Waals surface area contributed by atoms with Crippen LogP contribution in [0.3, 0.4) is 0 Å². The highest BCUT2D eigenvalue weighted by Crippen LogP contribution is 2.36. The van der Waals surface area contributed by atoms with E-state index >= 15 is 0 Å². The van der Waals surface area contributed by atoms with Gasteiger partial charge in [-0.15, -0.1) is 0 Å². The largest absolute Gasteiger partial charge is 0.494 e. The van der Waals surface area contributed by atoms with Gasteiger partial charge < -0.3 is 15.4 Å². The molecule has 1 fully saturated rings. The highest BCUT2D eigenvalue weighted by molar-refractivity contribution is 5.61. The van der Waals surface area contributed by atoms with Gasteiger partial charge in [0.1, 0.15) is 12.3 Å². The van der Waals surface area contributed by atoms with Gasteiger partial charge in [-0.3, -0.25) is 0 Å². The Labute approximate surface area is 110 Å². The van der Waals surface area contributed by atoms with Gasteiger partial charge in [0.25, 0.3) is 0 Å². The van der Waals surface area contributed by atoms with E-state index in [2.05, 4.69) is 0 Å². The van der Waals surface area contributed by atoms with Crippen LogP contribution in [-0.4, -0.2) is 25.4 Å². The Morgan fingerprint density at radius 3 is 2.53 bits per heavy atom. The minimum Gasteiger partial charge on any atom is -0.494 e. The van der Waals surface area contributed by atoms with Gasteiger partial charge >= 0.3 is 6.18 Å². The van der Waals surface area contributed by atoms with Crippen LogP contribution in [0, 0.1) is 0 Å². The number of benzene rings is 1. The van der Waals surface area contributed by atoms with Crippen LogP contribution in [0.5, 0.6) is 5.75 Å². The molecule has 6 heteroatoms. The third kappa shape index (κ3) is 3.94. The van der Waals surface area contributed by atoms with E-state index in [0.717, 1.165) is 12.8 Å². The number of hydrogen-bond donors (Lipinski definition) is 1. The molecule has 0 atom stereocenters. The molecule has 0 heterocycles. The molecule has 106 valence electrons. The van der Waals surface area contributed by atoms with Crippen LogP contribution >= 0.6 is 0 Å². The molecule has 0 unspecified atom stereocenters. The molecule has 1 aromatic rings. The van der Waals surface area contributed by atoms with Crippen LogP contribution in [0.25, 0.3) is 0 Å². The molecule has 0 radical (unpaired) electrons. The summed E-state index contributed by atoms with van der Waals surface area (Å²) in [7, 11) is 0. The zero-order valence-corrected chi connectivity index (χ0v) is 10.7. The van der Waals surface area contributed by atoms with Crippen LogP contribution in [-0.2, 0) is 0 Å². The Hall–Kier alpha value is -1.59. The second-order valence-electron chi connectivity index (χ2n) is 4.67. The van der Waals surface area contributed by atoms with Crippen molar-refractivity contribution in [1.82, 2.24) is 0 Å². The molecule has 1 saturated carbocycles. The molecule has 2 N–H and O–H groups in total. The van der Waals surface area contributed by atoms with Gasteiger partial charge in [0, 0.05) is 29.5 Å². The molecule has 19 heavy (non-hydrogen) atoms. The summed E-state index contributed by atoms with van der Waals surface area (Å²) in [5.41, 5.74) is 6.61. The average Bonchev–Trinajstić information content (AvgIpc) is 3.08. The molecule has 0 saturated heterocycles. The summed E-state index contributed by atoms with van der Waals surface area (Å²) in [4.78, 5) is 1.36. The first-order valence-corrected chi connectivity index (χ1v) is 6.26. The van der Waals surface area contributed by atoms with Crippen LogP contribution in [0.1, 0.15) is 19.8 Å². The maximum absolute atomic E-state index is 12.6. The number of nitrogens with two attached hydrogens (primary N) is 1. The monoisotopic (exact) mass is 274 g/mol. The second kappa shape index (κ2) is 5.19. The van der Waals surface area contributed by atoms with Crippen molar-refractivity contribution >= 4 is 11.4 Å². The summed E-state index contributed by atoms with van der Waals surface area (Å²) in [5.74, 6) is 0.505. The van der Waals surface area contributed by atoms with Gasteiger partial charge in [-0.05, 0) is 25.8 Å². The number of hydrogen-bond acceptors (Lipinski definition) is 3. The van der Waals surface area contributed by atoms with Gasteiger partial charge in [0.15, 0.2) is 0 Å². The molecule has 1 aliphatic carbocycles. The van der Waals surface area contributed by atoms with Gasteiger partial charge in [-0.2, -0.15) is 13.2 Å². The molecule has 3 nitrogen and oxygen atoms in total. The quantitative estimate of drug-likeness (QED) is 0.838. The normalized spacial score (nSPS) is 15.4. The van der Waals surface area contributed by atoms with Gasteiger partial charge in [-0.1, -0.05) is 0 Å². The lowest BCUT2D eigenvalue weighted by Crippen LogP contribution is -2.36. The number of alkyl halides is 3. The van der Waals surface area contributed by atoms with E-state index in [1.165, 1.54) is 4.90 Å². The van der Waals surface area contributed by atoms with Gasteiger partial charge in [0.2, 0.25) is 0 Å².